The summed E-state index contributed by atoms with van der Waals surface area (Å²) in [5.41, 5.74) is 3.10. The number of hydrogen-bond acceptors (Lipinski definition) is 5. The Hall–Kier alpha value is -2.18. The van der Waals surface area contributed by atoms with Gasteiger partial charge in [-0.25, -0.2) is 0 Å². The fraction of sp³-hybridized carbons (Fsp3) is 0.462. The molecule has 0 aliphatic carbocycles. The van der Waals surface area contributed by atoms with Crippen LogP contribution in [0.15, 0.2) is 61.2 Å². The molecule has 3 N–H and O–H groups in total. The quantitative estimate of drug-likeness (QED) is 0.420. The molecule has 0 saturated carbocycles. The molecule has 0 spiro atoms. The second-order valence-electron chi connectivity index (χ2n) is 8.66. The minimum atomic E-state index is -0.658. The van der Waals surface area contributed by atoms with Gasteiger partial charge in [0.2, 0.25) is 0 Å². The molecule has 1 fully saturated rings. The molecule has 31 heavy (non-hydrogen) atoms. The third-order valence-electron chi connectivity index (χ3n) is 6.20. The number of phenolic OH excluding ortho intramolecular Hbond substituents is 1. The van der Waals surface area contributed by atoms with E-state index in [4.69, 9.17) is 0 Å². The summed E-state index contributed by atoms with van der Waals surface area (Å²) in [5.74, 6) is 0.282. The Kier molecular flexibility index (Phi) is 8.27. The number of benzene rings is 2. The van der Waals surface area contributed by atoms with Gasteiger partial charge < -0.3 is 10.2 Å². The average molecular weight is 424 g/mol. The normalized spacial score (nSPS) is 22.2. The van der Waals surface area contributed by atoms with Gasteiger partial charge in [-0.2, -0.15) is 0 Å². The molecule has 1 saturated heterocycles. The number of phenols is 1. The Balaban J connectivity index is 1.92. The summed E-state index contributed by atoms with van der Waals surface area (Å²) in [6.45, 7) is 14.1. The second kappa shape index (κ2) is 10.9. The lowest BCUT2D eigenvalue weighted by Gasteiger charge is -2.47. The van der Waals surface area contributed by atoms with Crippen LogP contribution in [0.3, 0.4) is 0 Å². The van der Waals surface area contributed by atoms with E-state index in [-0.39, 0.29) is 11.8 Å². The van der Waals surface area contributed by atoms with Crippen LogP contribution in [0.2, 0.25) is 0 Å². The lowest BCUT2D eigenvalue weighted by atomic mass is 9.92. The van der Waals surface area contributed by atoms with Gasteiger partial charge in [0, 0.05) is 31.7 Å². The van der Waals surface area contributed by atoms with E-state index in [2.05, 4.69) is 60.7 Å². The third-order valence-corrected chi connectivity index (χ3v) is 6.20. The first-order chi connectivity index (χ1) is 14.9. The topological polar surface area (TPSA) is 59.0 Å². The van der Waals surface area contributed by atoms with Crippen molar-refractivity contribution in [1.29, 1.82) is 0 Å². The Bertz CT molecular complexity index is 839. The molecular weight excluding hydrogens is 386 g/mol. The highest BCUT2D eigenvalue weighted by Gasteiger charge is 2.34. The van der Waals surface area contributed by atoms with Crippen molar-refractivity contribution in [3.05, 3.63) is 77.9 Å². The molecule has 4 atom stereocenters. The summed E-state index contributed by atoms with van der Waals surface area (Å²) in [5, 5.41) is 23.7. The molecule has 0 amide bonds. The Morgan fingerprint density at radius 1 is 1.06 bits per heavy atom. The standard InChI is InChI=1S/C26H37N3O2/c1-5-14-27-26(31)22-12-10-21(11-13-22)25(23-8-7-9-24(30)16-23)29-18-19(3)28(15-6-2)17-20(29)4/h6-13,16,19-20,25-27,30-31H,2,5,14-15,17-18H2,1,3-4H3/t19-,20+,25-,26?/m1/s1. The molecule has 5 nitrogen and oxygen atoms in total. The summed E-state index contributed by atoms with van der Waals surface area (Å²) < 4.78 is 0. The number of nitrogens with zero attached hydrogens (tertiary/aromatic N) is 2. The molecule has 0 aromatic heterocycles. The Labute approximate surface area is 187 Å². The SMILES string of the molecule is C=CCN1C[C@H](C)N([C@H](c2ccc(C(O)NCCC)cc2)c2cccc(O)c2)C[C@H]1C. The fourth-order valence-electron chi connectivity index (χ4n) is 4.53. The molecule has 2 aromatic rings. The van der Waals surface area contributed by atoms with Gasteiger partial charge in [0.25, 0.3) is 0 Å². The Morgan fingerprint density at radius 3 is 2.42 bits per heavy atom. The van der Waals surface area contributed by atoms with E-state index in [9.17, 15) is 10.2 Å². The van der Waals surface area contributed by atoms with Gasteiger partial charge in [-0.3, -0.25) is 15.1 Å². The van der Waals surface area contributed by atoms with Crippen molar-refractivity contribution in [3.8, 4) is 5.75 Å². The predicted octanol–water partition coefficient (Wildman–Crippen LogP) is 4.05. The van der Waals surface area contributed by atoms with Crippen LogP contribution in [0.4, 0.5) is 0 Å². The van der Waals surface area contributed by atoms with Crippen LogP contribution in [0.25, 0.3) is 0 Å². The molecule has 168 valence electrons. The van der Waals surface area contributed by atoms with Crippen molar-refractivity contribution < 1.29 is 10.2 Å². The second-order valence-corrected chi connectivity index (χ2v) is 8.66. The van der Waals surface area contributed by atoms with E-state index in [1.807, 2.05) is 30.3 Å². The number of nitrogens with one attached hydrogen (secondary N) is 1. The van der Waals surface area contributed by atoms with Crippen molar-refractivity contribution in [2.45, 2.75) is 51.5 Å². The molecule has 1 unspecified atom stereocenters. The summed E-state index contributed by atoms with van der Waals surface area (Å²) in [7, 11) is 0. The first-order valence-electron chi connectivity index (χ1n) is 11.4. The molecule has 0 bridgehead atoms. The molecule has 1 heterocycles. The van der Waals surface area contributed by atoms with Crippen molar-refractivity contribution >= 4 is 0 Å². The van der Waals surface area contributed by atoms with Crippen LogP contribution in [0, 0.1) is 0 Å². The van der Waals surface area contributed by atoms with Gasteiger partial charge in [-0.05, 0) is 55.6 Å². The minimum absolute atomic E-state index is 0.0326. The number of aromatic hydroxyl groups is 1. The van der Waals surface area contributed by atoms with Crippen LogP contribution in [0.1, 0.15) is 56.2 Å². The van der Waals surface area contributed by atoms with Gasteiger partial charge in [-0.15, -0.1) is 6.58 Å². The summed E-state index contributed by atoms with van der Waals surface area (Å²) in [4.78, 5) is 4.99. The number of hydrogen-bond donors (Lipinski definition) is 3. The van der Waals surface area contributed by atoms with Crippen LogP contribution >= 0.6 is 0 Å². The van der Waals surface area contributed by atoms with Crippen LogP contribution < -0.4 is 5.32 Å². The first-order valence-corrected chi connectivity index (χ1v) is 11.4. The van der Waals surface area contributed by atoms with E-state index < -0.39 is 6.23 Å². The van der Waals surface area contributed by atoms with Crippen molar-refractivity contribution in [1.82, 2.24) is 15.1 Å². The maximum atomic E-state index is 10.4. The highest BCUT2D eigenvalue weighted by Crippen LogP contribution is 2.34. The summed E-state index contributed by atoms with van der Waals surface area (Å²) in [6, 6.07) is 16.6. The average Bonchev–Trinajstić information content (AvgIpc) is 2.76. The largest absolute Gasteiger partial charge is 0.508 e. The van der Waals surface area contributed by atoms with Crippen LogP contribution in [-0.4, -0.2) is 58.3 Å². The van der Waals surface area contributed by atoms with Crippen molar-refractivity contribution in [2.24, 2.45) is 0 Å². The van der Waals surface area contributed by atoms with Crippen LogP contribution in [-0.2, 0) is 0 Å². The molecule has 3 rings (SSSR count). The lowest BCUT2D eigenvalue weighted by Crippen LogP contribution is -2.57. The van der Waals surface area contributed by atoms with Gasteiger partial charge >= 0.3 is 0 Å². The van der Waals surface area contributed by atoms with E-state index in [1.165, 1.54) is 0 Å². The van der Waals surface area contributed by atoms with Crippen LogP contribution in [0.5, 0.6) is 5.75 Å². The van der Waals surface area contributed by atoms with Crippen molar-refractivity contribution in [2.75, 3.05) is 26.2 Å². The number of piperazine rings is 1. The lowest BCUT2D eigenvalue weighted by molar-refractivity contribution is 0.0306. The zero-order valence-electron chi connectivity index (χ0n) is 19.0. The monoisotopic (exact) mass is 423 g/mol. The molecule has 2 aromatic carbocycles. The molecular formula is C26H37N3O2. The number of rotatable bonds is 9. The Morgan fingerprint density at radius 2 is 1.77 bits per heavy atom. The van der Waals surface area contributed by atoms with Gasteiger partial charge in [-0.1, -0.05) is 49.4 Å². The summed E-state index contributed by atoms with van der Waals surface area (Å²) in [6.07, 6.45) is 2.29. The molecule has 5 heteroatoms. The smallest absolute Gasteiger partial charge is 0.131 e. The van der Waals surface area contributed by atoms with E-state index in [1.54, 1.807) is 6.07 Å². The number of aliphatic hydroxyl groups is 1. The highest BCUT2D eigenvalue weighted by atomic mass is 16.3. The van der Waals surface area contributed by atoms with Gasteiger partial charge in [0.15, 0.2) is 0 Å². The summed E-state index contributed by atoms with van der Waals surface area (Å²) >= 11 is 0. The fourth-order valence-corrected chi connectivity index (χ4v) is 4.53. The third kappa shape index (κ3) is 5.74. The molecule has 1 aliphatic rings. The van der Waals surface area contributed by atoms with Gasteiger partial charge in [0.05, 0.1) is 6.04 Å². The zero-order chi connectivity index (χ0) is 22.4. The first kappa shape index (κ1) is 23.5. The molecule has 0 radical (unpaired) electrons. The maximum Gasteiger partial charge on any atom is 0.131 e. The molecule has 1 aliphatic heterocycles. The highest BCUT2D eigenvalue weighted by molar-refractivity contribution is 5.38. The van der Waals surface area contributed by atoms with E-state index in [0.717, 1.165) is 49.3 Å². The van der Waals surface area contributed by atoms with E-state index in [0.29, 0.717) is 12.1 Å². The van der Waals surface area contributed by atoms with Crippen molar-refractivity contribution in [3.63, 3.8) is 0 Å². The number of aliphatic hydroxyl groups excluding tert-OH is 1. The maximum absolute atomic E-state index is 10.4. The predicted molar refractivity (Wildman–Crippen MR) is 127 cm³/mol. The zero-order valence-corrected chi connectivity index (χ0v) is 19.0. The minimum Gasteiger partial charge on any atom is -0.508 e. The van der Waals surface area contributed by atoms with E-state index >= 15 is 0 Å². The van der Waals surface area contributed by atoms with Gasteiger partial charge in [0.1, 0.15) is 12.0 Å².